The Balaban J connectivity index is 2.45. The molecule has 19 heavy (non-hydrogen) atoms. The van der Waals surface area contributed by atoms with Gasteiger partial charge in [0, 0.05) is 19.3 Å². The van der Waals surface area contributed by atoms with Gasteiger partial charge in [-0.3, -0.25) is 19.2 Å². The van der Waals surface area contributed by atoms with Crippen LogP contribution < -0.4 is 10.2 Å². The molecule has 1 aliphatic heterocycles. The maximum Gasteiger partial charge on any atom is 0.254 e. The first-order valence-electron chi connectivity index (χ1n) is 6.60. The fourth-order valence-corrected chi connectivity index (χ4v) is 2.48. The monoisotopic (exact) mass is 264 g/mol. The molecule has 0 spiro atoms. The van der Waals surface area contributed by atoms with Crippen LogP contribution in [0.2, 0.25) is 0 Å². The lowest BCUT2D eigenvalue weighted by Crippen LogP contribution is -2.69. The first kappa shape index (κ1) is 13.6. The van der Waals surface area contributed by atoms with Gasteiger partial charge in [-0.1, -0.05) is 13.8 Å². The molecule has 6 heteroatoms. The summed E-state index contributed by atoms with van der Waals surface area (Å²) in [5.41, 5.74) is -0.804. The first-order valence-corrected chi connectivity index (χ1v) is 6.60. The molecule has 1 saturated heterocycles. The van der Waals surface area contributed by atoms with Crippen molar-refractivity contribution in [3.05, 3.63) is 12.3 Å². The molecule has 0 saturated carbocycles. The minimum absolute atomic E-state index is 0.0803. The number of aromatic nitrogens is 2. The van der Waals surface area contributed by atoms with Gasteiger partial charge in [-0.05, 0) is 19.8 Å². The molecule has 0 bridgehead atoms. The van der Waals surface area contributed by atoms with Crippen molar-refractivity contribution in [1.29, 1.82) is 0 Å². The van der Waals surface area contributed by atoms with Gasteiger partial charge in [0.1, 0.15) is 11.6 Å². The first-order chi connectivity index (χ1) is 8.95. The molecule has 1 aromatic rings. The van der Waals surface area contributed by atoms with Gasteiger partial charge in [0.2, 0.25) is 5.91 Å². The molecule has 104 valence electrons. The number of nitrogens with one attached hydrogen (secondary N) is 1. The van der Waals surface area contributed by atoms with Crippen LogP contribution in [0.5, 0.6) is 0 Å². The molecule has 1 atom stereocenters. The molecule has 6 nitrogen and oxygen atoms in total. The minimum Gasteiger partial charge on any atom is -0.340 e. The Hall–Kier alpha value is -1.85. The van der Waals surface area contributed by atoms with Gasteiger partial charge in [-0.25, -0.2) is 0 Å². The summed E-state index contributed by atoms with van der Waals surface area (Å²) in [6, 6.07) is 1.22. The van der Waals surface area contributed by atoms with E-state index in [0.717, 1.165) is 0 Å². The van der Waals surface area contributed by atoms with Crippen LogP contribution in [-0.4, -0.2) is 33.2 Å². The highest BCUT2D eigenvalue weighted by atomic mass is 16.2. The highest BCUT2D eigenvalue weighted by Crippen LogP contribution is 2.28. The maximum atomic E-state index is 12.7. The fourth-order valence-electron chi connectivity index (χ4n) is 2.48. The lowest BCUT2D eigenvalue weighted by atomic mass is 9.87. The van der Waals surface area contributed by atoms with Gasteiger partial charge < -0.3 is 5.32 Å². The SMILES string of the molecule is CCC1(CC)NC(=O)C(C)N(c2ccn(C)n2)C1=O. The predicted octanol–water partition coefficient (Wildman–Crippen LogP) is 0.830. The Morgan fingerprint density at radius 2 is 2.00 bits per heavy atom. The molecule has 0 aliphatic carbocycles. The second-order valence-electron chi connectivity index (χ2n) is 4.98. The molecule has 1 aromatic heterocycles. The van der Waals surface area contributed by atoms with E-state index < -0.39 is 11.6 Å². The number of hydrogen-bond donors (Lipinski definition) is 1. The Morgan fingerprint density at radius 1 is 1.37 bits per heavy atom. The van der Waals surface area contributed by atoms with E-state index >= 15 is 0 Å². The van der Waals surface area contributed by atoms with Crippen molar-refractivity contribution >= 4 is 17.6 Å². The number of nitrogens with zero attached hydrogens (tertiary/aromatic N) is 3. The fraction of sp³-hybridized carbons (Fsp3) is 0.615. The number of hydrogen-bond acceptors (Lipinski definition) is 3. The summed E-state index contributed by atoms with van der Waals surface area (Å²) in [7, 11) is 1.79. The standard InChI is InChI=1S/C13H20N4O2/c1-5-13(6-2)12(19)17(9(3)11(18)14-13)10-7-8-16(4)15-10/h7-9H,5-6H2,1-4H3,(H,14,18). The van der Waals surface area contributed by atoms with Crippen LogP contribution in [0.15, 0.2) is 12.3 Å². The van der Waals surface area contributed by atoms with Crippen LogP contribution in [0.3, 0.4) is 0 Å². The van der Waals surface area contributed by atoms with E-state index in [9.17, 15) is 9.59 Å². The molecule has 1 N–H and O–H groups in total. The Morgan fingerprint density at radius 3 is 2.47 bits per heavy atom. The molecule has 0 radical (unpaired) electrons. The van der Waals surface area contributed by atoms with Crippen molar-refractivity contribution in [2.45, 2.75) is 45.2 Å². The summed E-state index contributed by atoms with van der Waals surface area (Å²) in [4.78, 5) is 26.4. The summed E-state index contributed by atoms with van der Waals surface area (Å²) >= 11 is 0. The maximum absolute atomic E-state index is 12.7. The Labute approximate surface area is 112 Å². The van der Waals surface area contributed by atoms with E-state index in [-0.39, 0.29) is 11.8 Å². The highest BCUT2D eigenvalue weighted by Gasteiger charge is 2.48. The molecular weight excluding hydrogens is 244 g/mol. The molecule has 2 heterocycles. The van der Waals surface area contributed by atoms with E-state index in [1.807, 2.05) is 13.8 Å². The summed E-state index contributed by atoms with van der Waals surface area (Å²) in [6.45, 7) is 5.54. The van der Waals surface area contributed by atoms with Crippen LogP contribution >= 0.6 is 0 Å². The van der Waals surface area contributed by atoms with Crippen molar-refractivity contribution in [2.75, 3.05) is 4.90 Å². The van der Waals surface area contributed by atoms with E-state index in [4.69, 9.17) is 0 Å². The normalized spacial score (nSPS) is 22.5. The second-order valence-corrected chi connectivity index (χ2v) is 4.98. The molecule has 0 aromatic carbocycles. The molecule has 2 rings (SSSR count). The smallest absolute Gasteiger partial charge is 0.254 e. The number of rotatable bonds is 3. The van der Waals surface area contributed by atoms with Gasteiger partial charge in [-0.2, -0.15) is 5.10 Å². The van der Waals surface area contributed by atoms with Crippen LogP contribution in [0.4, 0.5) is 5.82 Å². The van der Waals surface area contributed by atoms with Crippen LogP contribution in [0.25, 0.3) is 0 Å². The topological polar surface area (TPSA) is 67.2 Å². The van der Waals surface area contributed by atoms with Gasteiger partial charge in [0.15, 0.2) is 5.82 Å². The quantitative estimate of drug-likeness (QED) is 0.879. The predicted molar refractivity (Wildman–Crippen MR) is 71.6 cm³/mol. The highest BCUT2D eigenvalue weighted by molar-refractivity contribution is 6.10. The molecule has 1 aliphatic rings. The molecule has 1 unspecified atom stereocenters. The second kappa shape index (κ2) is 4.68. The number of piperazine rings is 1. The lowest BCUT2D eigenvalue weighted by Gasteiger charge is -2.43. The van der Waals surface area contributed by atoms with Crippen molar-refractivity contribution in [3.63, 3.8) is 0 Å². The summed E-state index contributed by atoms with van der Waals surface area (Å²) in [6.07, 6.45) is 2.91. The van der Waals surface area contributed by atoms with Crippen LogP contribution in [-0.2, 0) is 16.6 Å². The summed E-state index contributed by atoms with van der Waals surface area (Å²) < 4.78 is 1.63. The van der Waals surface area contributed by atoms with Crippen molar-refractivity contribution in [3.8, 4) is 0 Å². The number of carbonyl (C=O) groups is 2. The summed E-state index contributed by atoms with van der Waals surface area (Å²) in [5.74, 6) is 0.318. The van der Waals surface area contributed by atoms with Crippen molar-refractivity contribution < 1.29 is 9.59 Å². The summed E-state index contributed by atoms with van der Waals surface area (Å²) in [5, 5.41) is 7.12. The zero-order valence-electron chi connectivity index (χ0n) is 11.8. The van der Waals surface area contributed by atoms with Crippen LogP contribution in [0, 0.1) is 0 Å². The van der Waals surface area contributed by atoms with E-state index in [0.29, 0.717) is 18.7 Å². The number of carbonyl (C=O) groups excluding carboxylic acids is 2. The number of anilines is 1. The third-order valence-corrected chi connectivity index (χ3v) is 3.91. The molecule has 2 amide bonds. The van der Waals surface area contributed by atoms with Gasteiger partial charge >= 0.3 is 0 Å². The Kier molecular flexibility index (Phi) is 3.34. The largest absolute Gasteiger partial charge is 0.340 e. The third kappa shape index (κ3) is 2.01. The van der Waals surface area contributed by atoms with Gasteiger partial charge in [0.25, 0.3) is 5.91 Å². The average Bonchev–Trinajstić information content (AvgIpc) is 2.81. The van der Waals surface area contributed by atoms with Crippen LogP contribution in [0.1, 0.15) is 33.6 Å². The Bertz CT molecular complexity index is 504. The van der Waals surface area contributed by atoms with E-state index in [2.05, 4.69) is 10.4 Å². The zero-order valence-corrected chi connectivity index (χ0v) is 11.8. The zero-order chi connectivity index (χ0) is 14.2. The number of aryl methyl sites for hydroxylation is 1. The van der Waals surface area contributed by atoms with E-state index in [1.165, 1.54) is 4.90 Å². The van der Waals surface area contributed by atoms with Crippen molar-refractivity contribution in [2.24, 2.45) is 7.05 Å². The average molecular weight is 264 g/mol. The van der Waals surface area contributed by atoms with Crippen molar-refractivity contribution in [1.82, 2.24) is 15.1 Å². The van der Waals surface area contributed by atoms with Gasteiger partial charge in [0.05, 0.1) is 0 Å². The number of amides is 2. The lowest BCUT2D eigenvalue weighted by molar-refractivity contribution is -0.138. The third-order valence-electron chi connectivity index (χ3n) is 3.91. The van der Waals surface area contributed by atoms with E-state index in [1.54, 1.807) is 30.9 Å². The van der Waals surface area contributed by atoms with Gasteiger partial charge in [-0.15, -0.1) is 0 Å². The minimum atomic E-state index is -0.804. The molecule has 1 fully saturated rings. The molecular formula is C13H20N4O2.